The molecule has 0 saturated carbocycles. The van der Waals surface area contributed by atoms with Crippen molar-refractivity contribution in [1.82, 2.24) is 5.32 Å². The summed E-state index contributed by atoms with van der Waals surface area (Å²) in [6, 6.07) is 5.79. The van der Waals surface area contributed by atoms with Crippen LogP contribution in [0, 0.1) is 0 Å². The van der Waals surface area contributed by atoms with Crippen molar-refractivity contribution in [3.63, 3.8) is 0 Å². The van der Waals surface area contributed by atoms with Crippen LogP contribution in [0.15, 0.2) is 18.2 Å². The number of rotatable bonds is 5. The van der Waals surface area contributed by atoms with Crippen molar-refractivity contribution < 1.29 is 0 Å². The average Bonchev–Trinajstić information content (AvgIpc) is 2.18. The Bertz CT molecular complexity index is 287. The molecule has 1 aromatic carbocycles. The molecule has 0 amide bonds. The molecule has 0 bridgehead atoms. The molecule has 0 unspecified atom stereocenters. The van der Waals surface area contributed by atoms with Gasteiger partial charge in [-0.05, 0) is 43.6 Å². The van der Waals surface area contributed by atoms with Crippen LogP contribution in [0.25, 0.3) is 0 Å². The Morgan fingerprint density at radius 2 is 1.93 bits per heavy atom. The van der Waals surface area contributed by atoms with Gasteiger partial charge in [-0.25, -0.2) is 0 Å². The molecule has 0 aliphatic heterocycles. The summed E-state index contributed by atoms with van der Waals surface area (Å²) in [5.41, 5.74) is 1.23. The Kier molecular flexibility index (Phi) is 5.31. The quantitative estimate of drug-likeness (QED) is 0.765. The molecule has 1 aromatic rings. The SMILES string of the molecule is CCCNCCc1ccc(Cl)c(Cl)c1. The van der Waals surface area contributed by atoms with Gasteiger partial charge in [0.25, 0.3) is 0 Å². The Morgan fingerprint density at radius 1 is 1.14 bits per heavy atom. The van der Waals surface area contributed by atoms with Crippen LogP contribution in [0.5, 0.6) is 0 Å². The second-order valence-electron chi connectivity index (χ2n) is 3.25. The number of halogens is 2. The van der Waals surface area contributed by atoms with E-state index in [9.17, 15) is 0 Å². The zero-order chi connectivity index (χ0) is 10.4. The van der Waals surface area contributed by atoms with Gasteiger partial charge in [0.1, 0.15) is 0 Å². The predicted octanol–water partition coefficient (Wildman–Crippen LogP) is 3.54. The highest BCUT2D eigenvalue weighted by molar-refractivity contribution is 6.42. The molecule has 0 aromatic heterocycles. The number of benzene rings is 1. The zero-order valence-electron chi connectivity index (χ0n) is 8.32. The summed E-state index contributed by atoms with van der Waals surface area (Å²) in [4.78, 5) is 0. The van der Waals surface area contributed by atoms with Gasteiger partial charge in [-0.3, -0.25) is 0 Å². The van der Waals surface area contributed by atoms with E-state index in [0.717, 1.165) is 19.5 Å². The van der Waals surface area contributed by atoms with Crippen molar-refractivity contribution in [2.24, 2.45) is 0 Å². The summed E-state index contributed by atoms with van der Waals surface area (Å²) in [6.07, 6.45) is 2.16. The maximum Gasteiger partial charge on any atom is 0.0595 e. The average molecular weight is 232 g/mol. The summed E-state index contributed by atoms with van der Waals surface area (Å²) in [7, 11) is 0. The smallest absolute Gasteiger partial charge is 0.0595 e. The largest absolute Gasteiger partial charge is 0.316 e. The number of hydrogen-bond acceptors (Lipinski definition) is 1. The molecule has 0 aliphatic rings. The van der Waals surface area contributed by atoms with Gasteiger partial charge < -0.3 is 5.32 Å². The molecule has 3 heteroatoms. The van der Waals surface area contributed by atoms with Gasteiger partial charge in [0.15, 0.2) is 0 Å². The summed E-state index contributed by atoms with van der Waals surface area (Å²) >= 11 is 11.7. The van der Waals surface area contributed by atoms with Gasteiger partial charge in [-0.2, -0.15) is 0 Å². The van der Waals surface area contributed by atoms with Crippen LogP contribution in [0.2, 0.25) is 10.0 Å². The van der Waals surface area contributed by atoms with Gasteiger partial charge in [-0.15, -0.1) is 0 Å². The van der Waals surface area contributed by atoms with E-state index in [-0.39, 0.29) is 0 Å². The normalized spacial score (nSPS) is 10.5. The van der Waals surface area contributed by atoms with Crippen molar-refractivity contribution in [3.8, 4) is 0 Å². The van der Waals surface area contributed by atoms with E-state index in [4.69, 9.17) is 23.2 Å². The minimum atomic E-state index is 0.622. The number of hydrogen-bond donors (Lipinski definition) is 1. The molecular weight excluding hydrogens is 217 g/mol. The molecule has 0 saturated heterocycles. The summed E-state index contributed by atoms with van der Waals surface area (Å²) < 4.78 is 0. The standard InChI is InChI=1S/C11H15Cl2N/c1-2-6-14-7-5-9-3-4-10(12)11(13)8-9/h3-4,8,14H,2,5-7H2,1H3. The third-order valence-electron chi connectivity index (χ3n) is 2.00. The summed E-state index contributed by atoms with van der Waals surface area (Å²) in [5, 5.41) is 4.60. The lowest BCUT2D eigenvalue weighted by Gasteiger charge is -2.04. The molecular formula is C11H15Cl2N. The molecule has 0 radical (unpaired) electrons. The van der Waals surface area contributed by atoms with E-state index in [1.54, 1.807) is 0 Å². The van der Waals surface area contributed by atoms with Gasteiger partial charge in [0, 0.05) is 0 Å². The molecule has 0 atom stereocenters. The third kappa shape index (κ3) is 3.87. The molecule has 0 heterocycles. The highest BCUT2D eigenvalue weighted by atomic mass is 35.5. The minimum Gasteiger partial charge on any atom is -0.316 e. The molecule has 78 valence electrons. The lowest BCUT2D eigenvalue weighted by Crippen LogP contribution is -2.17. The van der Waals surface area contributed by atoms with E-state index >= 15 is 0 Å². The van der Waals surface area contributed by atoms with Gasteiger partial charge in [-0.1, -0.05) is 36.2 Å². The fraction of sp³-hybridized carbons (Fsp3) is 0.455. The van der Waals surface area contributed by atoms with Crippen LogP contribution in [-0.4, -0.2) is 13.1 Å². The van der Waals surface area contributed by atoms with Crippen LogP contribution >= 0.6 is 23.2 Å². The van der Waals surface area contributed by atoms with Crippen LogP contribution in [0.3, 0.4) is 0 Å². The van der Waals surface area contributed by atoms with Gasteiger partial charge >= 0.3 is 0 Å². The molecule has 1 rings (SSSR count). The van der Waals surface area contributed by atoms with E-state index < -0.39 is 0 Å². The van der Waals surface area contributed by atoms with E-state index in [2.05, 4.69) is 12.2 Å². The van der Waals surface area contributed by atoms with Gasteiger partial charge in [0.2, 0.25) is 0 Å². The molecule has 14 heavy (non-hydrogen) atoms. The fourth-order valence-corrected chi connectivity index (χ4v) is 1.55. The summed E-state index contributed by atoms with van der Waals surface area (Å²) in [5.74, 6) is 0. The molecule has 0 aliphatic carbocycles. The predicted molar refractivity (Wildman–Crippen MR) is 63.3 cm³/mol. The maximum absolute atomic E-state index is 5.90. The molecule has 0 spiro atoms. The fourth-order valence-electron chi connectivity index (χ4n) is 1.23. The Hall–Kier alpha value is -0.240. The number of nitrogens with one attached hydrogen (secondary N) is 1. The first-order valence-corrected chi connectivity index (χ1v) is 5.64. The molecule has 0 fully saturated rings. The second kappa shape index (κ2) is 6.28. The minimum absolute atomic E-state index is 0.622. The van der Waals surface area contributed by atoms with Crippen molar-refractivity contribution in [3.05, 3.63) is 33.8 Å². The van der Waals surface area contributed by atoms with Gasteiger partial charge in [0.05, 0.1) is 10.0 Å². The van der Waals surface area contributed by atoms with Crippen LogP contribution in [0.1, 0.15) is 18.9 Å². The highest BCUT2D eigenvalue weighted by Crippen LogP contribution is 2.22. The Morgan fingerprint density at radius 3 is 2.57 bits per heavy atom. The van der Waals surface area contributed by atoms with E-state index in [0.29, 0.717) is 10.0 Å². The Balaban J connectivity index is 2.39. The van der Waals surface area contributed by atoms with Crippen LogP contribution in [0.4, 0.5) is 0 Å². The van der Waals surface area contributed by atoms with Crippen molar-refractivity contribution in [2.75, 3.05) is 13.1 Å². The monoisotopic (exact) mass is 231 g/mol. The molecule has 1 N–H and O–H groups in total. The highest BCUT2D eigenvalue weighted by Gasteiger charge is 1.98. The second-order valence-corrected chi connectivity index (χ2v) is 4.06. The summed E-state index contributed by atoms with van der Waals surface area (Å²) in [6.45, 7) is 4.22. The van der Waals surface area contributed by atoms with E-state index in [1.807, 2.05) is 18.2 Å². The third-order valence-corrected chi connectivity index (χ3v) is 2.74. The zero-order valence-corrected chi connectivity index (χ0v) is 9.83. The van der Waals surface area contributed by atoms with Crippen molar-refractivity contribution in [1.29, 1.82) is 0 Å². The van der Waals surface area contributed by atoms with E-state index in [1.165, 1.54) is 12.0 Å². The Labute approximate surface area is 95.4 Å². The van der Waals surface area contributed by atoms with Crippen LogP contribution in [-0.2, 0) is 6.42 Å². The maximum atomic E-state index is 5.90. The van der Waals surface area contributed by atoms with Crippen molar-refractivity contribution in [2.45, 2.75) is 19.8 Å². The first-order chi connectivity index (χ1) is 6.74. The topological polar surface area (TPSA) is 12.0 Å². The van der Waals surface area contributed by atoms with Crippen molar-refractivity contribution >= 4 is 23.2 Å². The first-order valence-electron chi connectivity index (χ1n) is 4.88. The first kappa shape index (κ1) is 11.8. The molecule has 1 nitrogen and oxygen atoms in total. The van der Waals surface area contributed by atoms with Crippen LogP contribution < -0.4 is 5.32 Å². The lowest BCUT2D eigenvalue weighted by atomic mass is 10.1. The lowest BCUT2D eigenvalue weighted by molar-refractivity contribution is 0.671.